The number of ether oxygens (including phenoxy) is 1. The maximum Gasteiger partial charge on any atom is 0.119 e. The maximum atomic E-state index is 10.9. The molecule has 0 heterocycles. The van der Waals surface area contributed by atoms with Crippen molar-refractivity contribution in [2.75, 3.05) is 7.11 Å². The molecule has 106 valence electrons. The summed E-state index contributed by atoms with van der Waals surface area (Å²) in [4.78, 5) is 0. The molecule has 1 N–H and O–H groups in total. The van der Waals surface area contributed by atoms with Gasteiger partial charge in [0.2, 0.25) is 0 Å². The van der Waals surface area contributed by atoms with Gasteiger partial charge in [0.05, 0.1) is 24.7 Å². The lowest BCUT2D eigenvalue weighted by Gasteiger charge is -2.36. The molecule has 2 bridgehead atoms. The number of nitriles is 1. The predicted octanol–water partition coefficient (Wildman–Crippen LogP) is 3.82. The van der Waals surface area contributed by atoms with Crippen molar-refractivity contribution in [3.8, 4) is 11.8 Å². The molecular formula is C16H18BrNO2. The Bertz CT molecular complexity index is 568. The number of nitrogens with zero attached hydrogens (tertiary/aromatic N) is 1. The highest BCUT2D eigenvalue weighted by atomic mass is 79.9. The van der Waals surface area contributed by atoms with Crippen LogP contribution in [0.2, 0.25) is 0 Å². The summed E-state index contributed by atoms with van der Waals surface area (Å²) in [6.07, 6.45) is 3.43. The fourth-order valence-electron chi connectivity index (χ4n) is 4.04. The van der Waals surface area contributed by atoms with Gasteiger partial charge in [-0.05, 0) is 54.9 Å². The van der Waals surface area contributed by atoms with Crippen LogP contribution < -0.4 is 4.74 Å². The highest BCUT2D eigenvalue weighted by molar-refractivity contribution is 9.10. The summed E-state index contributed by atoms with van der Waals surface area (Å²) >= 11 is 3.49. The Kier molecular flexibility index (Phi) is 3.51. The topological polar surface area (TPSA) is 53.2 Å². The van der Waals surface area contributed by atoms with E-state index in [9.17, 15) is 10.4 Å². The molecule has 0 spiro atoms. The third-order valence-electron chi connectivity index (χ3n) is 5.09. The molecule has 3 rings (SSSR count). The smallest absolute Gasteiger partial charge is 0.119 e. The minimum Gasteiger partial charge on any atom is -0.497 e. The Morgan fingerprint density at radius 1 is 1.50 bits per heavy atom. The molecule has 2 aliphatic rings. The highest BCUT2D eigenvalue weighted by Gasteiger charge is 2.56. The molecule has 2 fully saturated rings. The molecule has 4 atom stereocenters. The minimum atomic E-state index is -0.757. The molecule has 1 aromatic rings. The van der Waals surface area contributed by atoms with Crippen molar-refractivity contribution in [1.82, 2.24) is 0 Å². The molecule has 0 amide bonds. The van der Waals surface area contributed by atoms with E-state index in [1.54, 1.807) is 7.11 Å². The fourth-order valence-corrected chi connectivity index (χ4v) is 4.50. The van der Waals surface area contributed by atoms with Crippen molar-refractivity contribution < 1.29 is 9.84 Å². The second-order valence-electron chi connectivity index (χ2n) is 6.02. The standard InChI is InChI=1S/C16H18BrNO2/c1-20-12-4-5-14(17)13(7-12)15(19)16(9-18)8-10-2-3-11(16)6-10/h4-5,7,10-11,15,19H,2-3,6,8H2,1H3. The monoisotopic (exact) mass is 335 g/mol. The largest absolute Gasteiger partial charge is 0.497 e. The lowest BCUT2D eigenvalue weighted by Crippen LogP contribution is -2.33. The number of aliphatic hydroxyl groups is 1. The molecule has 4 unspecified atom stereocenters. The van der Waals surface area contributed by atoms with Gasteiger partial charge in [0, 0.05) is 4.47 Å². The van der Waals surface area contributed by atoms with Crippen LogP contribution in [0.1, 0.15) is 37.4 Å². The van der Waals surface area contributed by atoms with Gasteiger partial charge >= 0.3 is 0 Å². The molecule has 0 aliphatic heterocycles. The van der Waals surface area contributed by atoms with Gasteiger partial charge in [-0.25, -0.2) is 0 Å². The molecule has 20 heavy (non-hydrogen) atoms. The molecule has 0 aromatic heterocycles. The molecule has 1 aromatic carbocycles. The summed E-state index contributed by atoms with van der Waals surface area (Å²) in [6.45, 7) is 0. The summed E-state index contributed by atoms with van der Waals surface area (Å²) in [7, 11) is 1.61. The van der Waals surface area contributed by atoms with Crippen molar-refractivity contribution in [3.05, 3.63) is 28.2 Å². The van der Waals surface area contributed by atoms with E-state index in [0.29, 0.717) is 17.6 Å². The normalized spacial score (nSPS) is 32.9. The van der Waals surface area contributed by atoms with E-state index in [1.165, 1.54) is 6.42 Å². The second-order valence-corrected chi connectivity index (χ2v) is 6.88. The van der Waals surface area contributed by atoms with Crippen LogP contribution in [0.5, 0.6) is 5.75 Å². The second kappa shape index (κ2) is 5.05. The Labute approximate surface area is 127 Å². The first-order valence-corrected chi connectivity index (χ1v) is 7.83. The number of aliphatic hydroxyl groups excluding tert-OH is 1. The summed E-state index contributed by atoms with van der Waals surface area (Å²) in [5, 5.41) is 20.6. The highest BCUT2D eigenvalue weighted by Crippen LogP contribution is 2.61. The number of hydrogen-bond donors (Lipinski definition) is 1. The van der Waals surface area contributed by atoms with E-state index in [1.807, 2.05) is 18.2 Å². The molecule has 2 saturated carbocycles. The first-order valence-electron chi connectivity index (χ1n) is 7.03. The number of benzene rings is 1. The van der Waals surface area contributed by atoms with Crippen LogP contribution in [0.15, 0.2) is 22.7 Å². The van der Waals surface area contributed by atoms with E-state index in [4.69, 9.17) is 4.74 Å². The van der Waals surface area contributed by atoms with Crippen LogP contribution in [0, 0.1) is 28.6 Å². The van der Waals surface area contributed by atoms with Crippen LogP contribution in [0.3, 0.4) is 0 Å². The van der Waals surface area contributed by atoms with E-state index < -0.39 is 11.5 Å². The number of methoxy groups -OCH3 is 1. The van der Waals surface area contributed by atoms with Gasteiger partial charge in [0.15, 0.2) is 0 Å². The summed E-state index contributed by atoms with van der Waals surface area (Å²) in [5.74, 6) is 1.64. The fraction of sp³-hybridized carbons (Fsp3) is 0.562. The van der Waals surface area contributed by atoms with Crippen LogP contribution in [-0.2, 0) is 0 Å². The third-order valence-corrected chi connectivity index (χ3v) is 5.81. The predicted molar refractivity (Wildman–Crippen MR) is 79.1 cm³/mol. The zero-order valence-corrected chi connectivity index (χ0v) is 13.1. The first-order chi connectivity index (χ1) is 9.60. The summed E-state index contributed by atoms with van der Waals surface area (Å²) < 4.78 is 6.07. The maximum absolute atomic E-state index is 10.9. The van der Waals surface area contributed by atoms with Crippen LogP contribution in [0.4, 0.5) is 0 Å². The third kappa shape index (κ3) is 1.96. The van der Waals surface area contributed by atoms with Crippen molar-refractivity contribution in [3.63, 3.8) is 0 Å². The summed E-state index contributed by atoms with van der Waals surface area (Å²) in [5.41, 5.74) is 0.135. The van der Waals surface area contributed by atoms with Gasteiger partial charge in [0.1, 0.15) is 5.75 Å². The first kappa shape index (κ1) is 13.9. The number of hydrogen-bond acceptors (Lipinski definition) is 3. The van der Waals surface area contributed by atoms with Crippen LogP contribution in [-0.4, -0.2) is 12.2 Å². The number of halogens is 1. The summed E-state index contributed by atoms with van der Waals surface area (Å²) in [6, 6.07) is 8.01. The molecule has 0 radical (unpaired) electrons. The minimum absolute atomic E-state index is 0.325. The number of fused-ring (bicyclic) bond motifs is 2. The van der Waals surface area contributed by atoms with Gasteiger partial charge in [0.25, 0.3) is 0 Å². The van der Waals surface area contributed by atoms with Crippen molar-refractivity contribution >= 4 is 15.9 Å². The number of rotatable bonds is 3. The van der Waals surface area contributed by atoms with E-state index in [-0.39, 0.29) is 0 Å². The van der Waals surface area contributed by atoms with Crippen molar-refractivity contribution in [1.29, 1.82) is 5.26 Å². The van der Waals surface area contributed by atoms with E-state index in [0.717, 1.165) is 29.3 Å². The van der Waals surface area contributed by atoms with E-state index >= 15 is 0 Å². The van der Waals surface area contributed by atoms with Gasteiger partial charge < -0.3 is 9.84 Å². The van der Waals surface area contributed by atoms with Gasteiger partial charge in [-0.15, -0.1) is 0 Å². The van der Waals surface area contributed by atoms with Crippen LogP contribution >= 0.6 is 15.9 Å². The lowest BCUT2D eigenvalue weighted by molar-refractivity contribution is 0.0227. The zero-order valence-electron chi connectivity index (χ0n) is 11.5. The van der Waals surface area contributed by atoms with E-state index in [2.05, 4.69) is 22.0 Å². The molecule has 4 heteroatoms. The van der Waals surface area contributed by atoms with Crippen molar-refractivity contribution in [2.24, 2.45) is 17.3 Å². The molecule has 0 saturated heterocycles. The lowest BCUT2D eigenvalue weighted by atomic mass is 9.68. The van der Waals surface area contributed by atoms with Crippen molar-refractivity contribution in [2.45, 2.75) is 31.8 Å². The van der Waals surface area contributed by atoms with Gasteiger partial charge in [-0.1, -0.05) is 22.4 Å². The van der Waals surface area contributed by atoms with Gasteiger partial charge in [-0.3, -0.25) is 0 Å². The Morgan fingerprint density at radius 2 is 2.30 bits per heavy atom. The average Bonchev–Trinajstić information content (AvgIpc) is 3.08. The molecule has 3 nitrogen and oxygen atoms in total. The SMILES string of the molecule is COc1ccc(Br)c(C(O)C2(C#N)CC3CCC2C3)c1. The van der Waals surface area contributed by atoms with Crippen LogP contribution in [0.25, 0.3) is 0 Å². The van der Waals surface area contributed by atoms with Gasteiger partial charge in [-0.2, -0.15) is 5.26 Å². The zero-order chi connectivity index (χ0) is 14.3. The Balaban J connectivity index is 2.00. The molecular weight excluding hydrogens is 318 g/mol. The quantitative estimate of drug-likeness (QED) is 0.913. The average molecular weight is 336 g/mol. The molecule has 2 aliphatic carbocycles. The Hall–Kier alpha value is -1.05. The Morgan fingerprint density at radius 3 is 2.85 bits per heavy atom.